The van der Waals surface area contributed by atoms with E-state index >= 15 is 0 Å². The predicted molar refractivity (Wildman–Crippen MR) is 124 cm³/mol. The normalized spacial score (nSPS) is 19.0. The fourth-order valence-corrected chi connectivity index (χ4v) is 4.77. The first-order valence-corrected chi connectivity index (χ1v) is 12.1. The van der Waals surface area contributed by atoms with Crippen molar-refractivity contribution in [3.8, 4) is 11.5 Å². The van der Waals surface area contributed by atoms with Crippen LogP contribution in [0.1, 0.15) is 85.1 Å². The second-order valence-electron chi connectivity index (χ2n) is 10.1. The van der Waals surface area contributed by atoms with Crippen LogP contribution in [0.2, 0.25) is 0 Å². The highest BCUT2D eigenvalue weighted by Crippen LogP contribution is 2.47. The molecule has 1 fully saturated rings. The summed E-state index contributed by atoms with van der Waals surface area (Å²) in [5.74, 6) is 1.83. The molecule has 31 heavy (non-hydrogen) atoms. The van der Waals surface area contributed by atoms with Gasteiger partial charge in [-0.2, -0.15) is 0 Å². The number of likely N-dealkylation sites (tertiary alicyclic amines) is 1. The Morgan fingerprint density at radius 1 is 1.16 bits per heavy atom. The van der Waals surface area contributed by atoms with Gasteiger partial charge in [-0.15, -0.1) is 0 Å². The van der Waals surface area contributed by atoms with Crippen LogP contribution in [0.4, 0.5) is 0 Å². The van der Waals surface area contributed by atoms with Crippen LogP contribution < -0.4 is 9.47 Å². The van der Waals surface area contributed by atoms with Crippen LogP contribution in [0, 0.1) is 0 Å². The molecule has 1 spiro atoms. The second-order valence-corrected chi connectivity index (χ2v) is 10.1. The molecule has 1 aromatic rings. The van der Waals surface area contributed by atoms with Gasteiger partial charge in [-0.3, -0.25) is 9.69 Å². The molecule has 0 saturated carbocycles. The topological polar surface area (TPSA) is 48.0 Å². The van der Waals surface area contributed by atoms with Crippen molar-refractivity contribution in [3.05, 3.63) is 23.8 Å². The molecule has 1 saturated heterocycles. The van der Waals surface area contributed by atoms with E-state index in [0.29, 0.717) is 0 Å². The molecule has 2 aliphatic rings. The van der Waals surface area contributed by atoms with Crippen molar-refractivity contribution in [2.24, 2.45) is 0 Å². The number of carbonyl (C=O) groups is 1. The molecule has 0 aromatic heterocycles. The van der Waals surface area contributed by atoms with Crippen molar-refractivity contribution in [1.82, 2.24) is 4.90 Å². The first kappa shape index (κ1) is 23.9. The van der Waals surface area contributed by atoms with Crippen molar-refractivity contribution in [2.75, 3.05) is 26.3 Å². The smallest absolute Gasteiger partial charge is 0.323 e. The van der Waals surface area contributed by atoms with Crippen molar-refractivity contribution in [2.45, 2.75) is 96.6 Å². The van der Waals surface area contributed by atoms with Crippen LogP contribution in [0.3, 0.4) is 0 Å². The number of unbranched alkanes of at least 4 members (excludes halogenated alkanes) is 3. The Morgan fingerprint density at radius 3 is 2.55 bits per heavy atom. The van der Waals surface area contributed by atoms with Gasteiger partial charge in [0.05, 0.1) is 13.2 Å². The minimum atomic E-state index is -0.452. The number of nitrogens with zero attached hydrogens (tertiary/aromatic N) is 1. The molecule has 0 amide bonds. The summed E-state index contributed by atoms with van der Waals surface area (Å²) in [6, 6.07) is 6.12. The van der Waals surface area contributed by atoms with Crippen LogP contribution in [0.5, 0.6) is 11.5 Å². The maximum atomic E-state index is 12.7. The summed E-state index contributed by atoms with van der Waals surface area (Å²) in [5, 5.41) is 0. The van der Waals surface area contributed by atoms with Gasteiger partial charge in [0.15, 0.2) is 0 Å². The molecule has 1 atom stereocenters. The zero-order valence-electron chi connectivity index (χ0n) is 20.2. The average Bonchev–Trinajstić information content (AvgIpc) is 3.06. The van der Waals surface area contributed by atoms with Crippen LogP contribution >= 0.6 is 0 Å². The Hall–Kier alpha value is -1.75. The number of hydrogen-bond donors (Lipinski definition) is 0. The van der Waals surface area contributed by atoms with Gasteiger partial charge in [-0.1, -0.05) is 33.1 Å². The van der Waals surface area contributed by atoms with Gasteiger partial charge in [-0.05, 0) is 77.7 Å². The molecule has 3 rings (SSSR count). The molecular formula is C26H41NO4. The summed E-state index contributed by atoms with van der Waals surface area (Å²) in [7, 11) is 0. The van der Waals surface area contributed by atoms with Gasteiger partial charge in [0.25, 0.3) is 0 Å². The Kier molecular flexibility index (Phi) is 7.90. The zero-order chi connectivity index (χ0) is 22.5. The highest BCUT2D eigenvalue weighted by molar-refractivity contribution is 5.76. The number of fused-ring (bicyclic) bond motifs is 2. The number of benzene rings is 1. The van der Waals surface area contributed by atoms with E-state index in [2.05, 4.69) is 30.9 Å². The first-order chi connectivity index (χ1) is 14.8. The van der Waals surface area contributed by atoms with Crippen LogP contribution in [-0.2, 0) is 14.9 Å². The third-order valence-corrected chi connectivity index (χ3v) is 6.55. The van der Waals surface area contributed by atoms with E-state index in [9.17, 15) is 4.79 Å². The highest BCUT2D eigenvalue weighted by Gasteiger charge is 2.45. The van der Waals surface area contributed by atoms with Crippen molar-refractivity contribution in [3.63, 3.8) is 0 Å². The number of ether oxygens (including phenoxy) is 3. The van der Waals surface area contributed by atoms with E-state index in [0.717, 1.165) is 63.5 Å². The molecule has 174 valence electrons. The summed E-state index contributed by atoms with van der Waals surface area (Å²) in [4.78, 5) is 15.0. The number of piperidine rings is 1. The lowest BCUT2D eigenvalue weighted by molar-refractivity contribution is -0.162. The molecule has 5 heteroatoms. The number of rotatable bonds is 9. The SMILES string of the molecule is CCCCCCOc1ccc2c(c1)C1(CCN(C(CC)C(=O)OC(C)(C)C)CC1)CO2. The highest BCUT2D eigenvalue weighted by atomic mass is 16.6. The summed E-state index contributed by atoms with van der Waals surface area (Å²) >= 11 is 0. The van der Waals surface area contributed by atoms with Gasteiger partial charge >= 0.3 is 5.97 Å². The molecule has 2 heterocycles. The van der Waals surface area contributed by atoms with Crippen LogP contribution in [0.25, 0.3) is 0 Å². The largest absolute Gasteiger partial charge is 0.494 e. The summed E-state index contributed by atoms with van der Waals surface area (Å²) in [6.07, 6.45) is 7.57. The Morgan fingerprint density at radius 2 is 1.90 bits per heavy atom. The molecule has 5 nitrogen and oxygen atoms in total. The summed E-state index contributed by atoms with van der Waals surface area (Å²) < 4.78 is 17.8. The van der Waals surface area contributed by atoms with Gasteiger partial charge in [0, 0.05) is 11.0 Å². The van der Waals surface area contributed by atoms with Crippen molar-refractivity contribution >= 4 is 5.97 Å². The third kappa shape index (κ3) is 5.94. The van der Waals surface area contributed by atoms with E-state index in [-0.39, 0.29) is 17.4 Å². The van der Waals surface area contributed by atoms with E-state index in [1.165, 1.54) is 24.8 Å². The fourth-order valence-electron chi connectivity index (χ4n) is 4.77. The fraction of sp³-hybridized carbons (Fsp3) is 0.731. The minimum absolute atomic E-state index is 0.0274. The molecular weight excluding hydrogens is 390 g/mol. The van der Waals surface area contributed by atoms with Gasteiger partial charge < -0.3 is 14.2 Å². The molecule has 0 radical (unpaired) electrons. The Labute approximate surface area is 188 Å². The van der Waals surface area contributed by atoms with E-state index in [4.69, 9.17) is 14.2 Å². The molecule has 2 aliphatic heterocycles. The lowest BCUT2D eigenvalue weighted by Crippen LogP contribution is -2.51. The van der Waals surface area contributed by atoms with Gasteiger partial charge in [0.1, 0.15) is 23.1 Å². The minimum Gasteiger partial charge on any atom is -0.494 e. The maximum absolute atomic E-state index is 12.7. The average molecular weight is 432 g/mol. The van der Waals surface area contributed by atoms with Crippen LogP contribution in [0.15, 0.2) is 18.2 Å². The number of carbonyl (C=O) groups excluding carboxylic acids is 1. The standard InChI is InChI=1S/C26H41NO4/c1-6-8-9-10-17-29-20-11-12-23-21(18-20)26(19-30-23)13-15-27(16-14-26)22(7-2)24(28)31-25(3,4)5/h11-12,18,22H,6-10,13-17,19H2,1-5H3. The van der Waals surface area contributed by atoms with Gasteiger partial charge in [-0.25, -0.2) is 0 Å². The Bertz CT molecular complexity index is 731. The molecule has 0 N–H and O–H groups in total. The van der Waals surface area contributed by atoms with Gasteiger partial charge in [0.2, 0.25) is 0 Å². The molecule has 0 bridgehead atoms. The molecule has 1 unspecified atom stereocenters. The number of esters is 1. The predicted octanol–water partition coefficient (Wildman–Crippen LogP) is 5.49. The molecule has 0 aliphatic carbocycles. The second kappa shape index (κ2) is 10.2. The summed E-state index contributed by atoms with van der Waals surface area (Å²) in [6.45, 7) is 13.3. The monoisotopic (exact) mass is 431 g/mol. The Balaban J connectivity index is 1.62. The van der Waals surface area contributed by atoms with E-state index in [1.807, 2.05) is 26.8 Å². The van der Waals surface area contributed by atoms with Crippen LogP contribution in [-0.4, -0.2) is 48.8 Å². The quantitative estimate of drug-likeness (QED) is 0.382. The number of hydrogen-bond acceptors (Lipinski definition) is 5. The van der Waals surface area contributed by atoms with Crippen molar-refractivity contribution in [1.29, 1.82) is 0 Å². The van der Waals surface area contributed by atoms with E-state index < -0.39 is 5.60 Å². The summed E-state index contributed by atoms with van der Waals surface area (Å²) in [5.41, 5.74) is 0.857. The van der Waals surface area contributed by atoms with E-state index in [1.54, 1.807) is 0 Å². The lowest BCUT2D eigenvalue weighted by atomic mass is 9.74. The molecule has 1 aromatic carbocycles. The third-order valence-electron chi connectivity index (χ3n) is 6.55. The zero-order valence-corrected chi connectivity index (χ0v) is 20.2. The maximum Gasteiger partial charge on any atom is 0.323 e. The van der Waals surface area contributed by atoms with Crippen molar-refractivity contribution < 1.29 is 19.0 Å². The lowest BCUT2D eigenvalue weighted by Gasteiger charge is -2.41. The first-order valence-electron chi connectivity index (χ1n) is 12.1.